The minimum absolute atomic E-state index is 0.118. The third kappa shape index (κ3) is 7.70. The van der Waals surface area contributed by atoms with E-state index in [0.29, 0.717) is 28.3 Å². The third-order valence-corrected chi connectivity index (χ3v) is 7.78. The summed E-state index contributed by atoms with van der Waals surface area (Å²) in [5, 5.41) is 8.49. The second-order valence-corrected chi connectivity index (χ2v) is 11.8. The van der Waals surface area contributed by atoms with E-state index in [1.165, 1.54) is 46.4 Å². The number of halogens is 4. The van der Waals surface area contributed by atoms with E-state index in [1.54, 1.807) is 24.3 Å². The number of carbonyl (C=O) groups excluding carboxylic acids is 2. The Hall–Kier alpha value is -4.69. The number of ether oxygens (including phenoxy) is 1. The molecule has 1 aromatic heterocycles. The molecule has 3 aromatic carbocycles. The highest BCUT2D eigenvalue weighted by Crippen LogP contribution is 2.38. The highest BCUT2D eigenvalue weighted by molar-refractivity contribution is 8.17. The molecule has 1 atom stereocenters. The molecular weight excluding hydrogens is 631 g/mol. The number of aryl methyl sites for hydroxylation is 1. The van der Waals surface area contributed by atoms with Gasteiger partial charge in [-0.15, -0.1) is 18.3 Å². The zero-order valence-electron chi connectivity index (χ0n) is 24.0. The molecule has 0 spiro atoms. The number of aromatic nitrogens is 3. The first-order valence-corrected chi connectivity index (χ1v) is 14.7. The summed E-state index contributed by atoms with van der Waals surface area (Å²) in [6.07, 6.45) is -1.91. The molecule has 10 nitrogen and oxygen atoms in total. The lowest BCUT2D eigenvalue weighted by Crippen LogP contribution is -2.33. The molecule has 1 N–H and O–H groups in total. The lowest BCUT2D eigenvalue weighted by molar-refractivity contribution is -0.274. The zero-order valence-corrected chi connectivity index (χ0v) is 25.6. The second kappa shape index (κ2) is 13.1. The smallest absolute Gasteiger partial charge is 0.406 e. The largest absolute Gasteiger partial charge is 0.573 e. The van der Waals surface area contributed by atoms with E-state index in [0.717, 1.165) is 22.9 Å². The molecule has 3 amide bonds. The Kier molecular flexibility index (Phi) is 9.25. The fourth-order valence-electron chi connectivity index (χ4n) is 4.34. The number of hydrogen-bond acceptors (Lipinski definition) is 7. The first kappa shape index (κ1) is 31.7. The second-order valence-electron chi connectivity index (χ2n) is 10.1. The van der Waals surface area contributed by atoms with E-state index < -0.39 is 17.1 Å². The van der Waals surface area contributed by atoms with Gasteiger partial charge in [-0.3, -0.25) is 9.69 Å². The van der Waals surface area contributed by atoms with Crippen molar-refractivity contribution < 1.29 is 27.5 Å². The number of anilines is 1. The van der Waals surface area contributed by atoms with Crippen LogP contribution in [0.2, 0.25) is 0 Å². The fraction of sp³-hybridized carbons (Fsp3) is 0.200. The van der Waals surface area contributed by atoms with Crippen molar-refractivity contribution in [3.63, 3.8) is 0 Å². The van der Waals surface area contributed by atoms with Crippen LogP contribution in [-0.4, -0.2) is 49.2 Å². The molecule has 1 saturated heterocycles. The number of rotatable bonds is 7. The van der Waals surface area contributed by atoms with Crippen LogP contribution in [-0.2, 0) is 4.79 Å². The van der Waals surface area contributed by atoms with Gasteiger partial charge < -0.3 is 4.74 Å². The summed E-state index contributed by atoms with van der Waals surface area (Å²) in [6.45, 7) is 5.93. The molecule has 0 aliphatic carbocycles. The van der Waals surface area contributed by atoms with Gasteiger partial charge in [-0.25, -0.2) is 19.9 Å². The zero-order chi connectivity index (χ0) is 32.3. The van der Waals surface area contributed by atoms with Gasteiger partial charge in [0.05, 0.1) is 17.6 Å². The predicted molar refractivity (Wildman–Crippen MR) is 167 cm³/mol. The summed E-state index contributed by atoms with van der Waals surface area (Å²) in [5.41, 5.74) is 6.67. The maximum atomic E-state index is 12.9. The van der Waals surface area contributed by atoms with Crippen LogP contribution in [0, 0.1) is 6.92 Å². The molecule has 1 unspecified atom stereocenters. The number of nitrogens with zero attached hydrogens (tertiary/aromatic N) is 6. The van der Waals surface area contributed by atoms with E-state index >= 15 is 0 Å². The van der Waals surface area contributed by atoms with Crippen LogP contribution in [0.3, 0.4) is 0 Å². The van der Waals surface area contributed by atoms with Crippen LogP contribution in [0.25, 0.3) is 17.1 Å². The summed E-state index contributed by atoms with van der Waals surface area (Å²) >= 11 is 7.22. The van der Waals surface area contributed by atoms with Crippen molar-refractivity contribution in [2.24, 2.45) is 10.1 Å². The number of hydrazone groups is 1. The third-order valence-electron chi connectivity index (χ3n) is 6.43. The number of amides is 3. The van der Waals surface area contributed by atoms with Gasteiger partial charge in [-0.2, -0.15) is 10.1 Å². The number of benzene rings is 3. The molecule has 5 rings (SSSR count). The van der Waals surface area contributed by atoms with E-state index in [9.17, 15) is 22.8 Å². The normalized spacial score (nSPS) is 16.3. The number of urea groups is 1. The summed E-state index contributed by atoms with van der Waals surface area (Å²) in [7, 11) is 0. The van der Waals surface area contributed by atoms with Crippen molar-refractivity contribution in [1.82, 2.24) is 20.2 Å². The number of nitrogens with one attached hydrogen (secondary N) is 1. The van der Waals surface area contributed by atoms with Gasteiger partial charge in [-0.1, -0.05) is 73.6 Å². The van der Waals surface area contributed by atoms with E-state index in [-0.39, 0.29) is 22.7 Å². The van der Waals surface area contributed by atoms with Crippen LogP contribution in [0.1, 0.15) is 36.5 Å². The maximum Gasteiger partial charge on any atom is 0.573 e. The van der Waals surface area contributed by atoms with Crippen LogP contribution in [0.5, 0.6) is 5.75 Å². The number of carbonyl (C=O) groups is 2. The summed E-state index contributed by atoms with van der Waals surface area (Å²) in [5.74, 6) is -0.212. The lowest BCUT2D eigenvalue weighted by atomic mass is 9.99. The van der Waals surface area contributed by atoms with Gasteiger partial charge in [0.25, 0.3) is 5.91 Å². The minimum atomic E-state index is -4.77. The Bertz CT molecular complexity index is 1770. The van der Waals surface area contributed by atoms with Crippen LogP contribution in [0.4, 0.5) is 23.7 Å². The summed E-state index contributed by atoms with van der Waals surface area (Å²) < 4.78 is 41.6. The van der Waals surface area contributed by atoms with Crippen molar-refractivity contribution in [2.45, 2.75) is 37.8 Å². The number of hydrogen-bond donors (Lipinski definition) is 1. The number of thioether (sulfide) groups is 1. The maximum absolute atomic E-state index is 12.9. The van der Waals surface area contributed by atoms with Gasteiger partial charge in [0.1, 0.15) is 12.1 Å². The van der Waals surface area contributed by atoms with Crippen molar-refractivity contribution >= 4 is 52.4 Å². The minimum Gasteiger partial charge on any atom is -0.406 e. The molecule has 232 valence electrons. The monoisotopic (exact) mass is 655 g/mol. The molecule has 0 bridgehead atoms. The quantitative estimate of drug-likeness (QED) is 0.130. The molecule has 0 saturated carbocycles. The Morgan fingerprint density at radius 2 is 1.82 bits per heavy atom. The van der Waals surface area contributed by atoms with Crippen molar-refractivity contribution in [3.8, 4) is 22.8 Å². The van der Waals surface area contributed by atoms with Crippen LogP contribution < -0.4 is 15.1 Å². The van der Waals surface area contributed by atoms with Crippen molar-refractivity contribution in [3.05, 3.63) is 89.7 Å². The van der Waals surface area contributed by atoms with Crippen molar-refractivity contribution in [1.29, 1.82) is 0 Å². The van der Waals surface area contributed by atoms with Gasteiger partial charge >= 0.3 is 12.4 Å². The fourth-order valence-corrected chi connectivity index (χ4v) is 5.49. The van der Waals surface area contributed by atoms with E-state index in [4.69, 9.17) is 11.6 Å². The van der Waals surface area contributed by atoms with Crippen molar-refractivity contribution in [2.75, 3.05) is 4.90 Å². The molecule has 45 heavy (non-hydrogen) atoms. The van der Waals surface area contributed by atoms with Gasteiger partial charge in [0.2, 0.25) is 0 Å². The number of amidine groups is 1. The SMILES string of the molecule is Cc1ccc(C(C)C)c(N2C(=O)C(Cl)SC2=NC(=O)N/N=C/c2ccc(-c3ncn(-c4ccc(OC(F)(F)F)cc4)n3)cc2)c1. The molecule has 2 heterocycles. The molecule has 15 heteroatoms. The van der Waals surface area contributed by atoms with Crippen LogP contribution >= 0.6 is 23.4 Å². The molecule has 4 aromatic rings. The topological polar surface area (TPSA) is 114 Å². The molecule has 1 fully saturated rings. The molecule has 1 aliphatic heterocycles. The Morgan fingerprint density at radius 1 is 1.11 bits per heavy atom. The first-order chi connectivity index (χ1) is 21.4. The molecule has 0 radical (unpaired) electrons. The van der Waals surface area contributed by atoms with Gasteiger partial charge in [0.15, 0.2) is 15.7 Å². The molecular formula is C30H25ClF3N7O3S. The number of aliphatic imine (C=N–C) groups is 1. The predicted octanol–water partition coefficient (Wildman–Crippen LogP) is 7.01. The Labute approximate surface area is 265 Å². The first-order valence-electron chi connectivity index (χ1n) is 13.4. The summed E-state index contributed by atoms with van der Waals surface area (Å²) in [4.78, 5) is 35.2. The molecule has 1 aliphatic rings. The highest BCUT2D eigenvalue weighted by atomic mass is 35.5. The van der Waals surface area contributed by atoms with E-state index in [2.05, 4.69) is 30.3 Å². The lowest BCUT2D eigenvalue weighted by Gasteiger charge is -2.22. The Balaban J connectivity index is 1.23. The van der Waals surface area contributed by atoms with Crippen LogP contribution in [0.15, 0.2) is 83.2 Å². The highest BCUT2D eigenvalue weighted by Gasteiger charge is 2.39. The van der Waals surface area contributed by atoms with E-state index in [1.807, 2.05) is 39.0 Å². The van der Waals surface area contributed by atoms with Gasteiger partial charge in [0, 0.05) is 5.56 Å². The van der Waals surface area contributed by atoms with Gasteiger partial charge in [-0.05, 0) is 59.9 Å². The standard InChI is InChI=1S/C30H25ClF3N7O3S/c1-17(2)23-13-4-18(3)14-24(23)41-27(42)25(31)45-29(41)37-28(43)38-36-15-19-5-7-20(8-6-19)26-35-16-40(39-26)21-9-11-22(12-10-21)44-30(32,33)34/h4-17,25H,1-3H3,(H,38,43)/b36-15+,37-29?. The Morgan fingerprint density at radius 3 is 2.49 bits per heavy atom. The average molecular weight is 656 g/mol. The average Bonchev–Trinajstić information content (AvgIpc) is 3.57. The summed E-state index contributed by atoms with van der Waals surface area (Å²) in [6, 6.07) is 17.2. The number of alkyl halides is 4.